The van der Waals surface area contributed by atoms with Crippen LogP contribution in [-0.4, -0.2) is 45.6 Å². The lowest BCUT2D eigenvalue weighted by atomic mass is 9.89. The Labute approximate surface area is 224 Å². The van der Waals surface area contributed by atoms with Crippen molar-refractivity contribution >= 4 is 22.5 Å². The molecule has 1 amide bonds. The van der Waals surface area contributed by atoms with Gasteiger partial charge in [0, 0.05) is 28.2 Å². The van der Waals surface area contributed by atoms with Crippen LogP contribution in [0.1, 0.15) is 50.2 Å². The van der Waals surface area contributed by atoms with Crippen LogP contribution in [0.4, 0.5) is 5.69 Å². The van der Waals surface area contributed by atoms with Gasteiger partial charge in [0.15, 0.2) is 0 Å². The van der Waals surface area contributed by atoms with Crippen molar-refractivity contribution in [1.29, 1.82) is 0 Å². The third-order valence-corrected chi connectivity index (χ3v) is 7.68. The number of hydrogen-bond donors (Lipinski definition) is 4. The Hall–Kier alpha value is -3.77. The summed E-state index contributed by atoms with van der Waals surface area (Å²) in [6, 6.07) is 21.1. The fraction of sp³-hybridized carbons (Fsp3) is 0.344. The minimum atomic E-state index is -0.0333. The van der Waals surface area contributed by atoms with E-state index in [0.717, 1.165) is 73.2 Å². The van der Waals surface area contributed by atoms with E-state index in [-0.39, 0.29) is 23.3 Å². The Morgan fingerprint density at radius 2 is 1.74 bits per heavy atom. The first-order chi connectivity index (χ1) is 18.4. The van der Waals surface area contributed by atoms with E-state index in [4.69, 9.17) is 0 Å². The summed E-state index contributed by atoms with van der Waals surface area (Å²) in [4.78, 5) is 18.2. The Bertz CT molecular complexity index is 1400. The van der Waals surface area contributed by atoms with Crippen molar-refractivity contribution in [2.45, 2.75) is 45.4 Å². The van der Waals surface area contributed by atoms with Crippen molar-refractivity contribution < 1.29 is 15.0 Å². The molecule has 5 rings (SSSR count). The summed E-state index contributed by atoms with van der Waals surface area (Å²) in [7, 11) is 0. The lowest BCUT2D eigenvalue weighted by molar-refractivity contribution is -0.118. The number of nitrogens with one attached hydrogen (secondary N) is 2. The van der Waals surface area contributed by atoms with Crippen molar-refractivity contribution in [3.63, 3.8) is 0 Å². The average molecular weight is 512 g/mol. The van der Waals surface area contributed by atoms with E-state index < -0.39 is 0 Å². The zero-order chi connectivity index (χ0) is 26.6. The molecule has 3 aromatic carbocycles. The molecule has 4 aromatic rings. The van der Waals surface area contributed by atoms with Gasteiger partial charge >= 0.3 is 0 Å². The maximum Gasteiger partial charge on any atom is 0.226 e. The first kappa shape index (κ1) is 25.9. The Kier molecular flexibility index (Phi) is 7.70. The quantitative estimate of drug-likeness (QED) is 0.213. The molecule has 1 aliphatic rings. The molecule has 0 atom stereocenters. The highest BCUT2D eigenvalue weighted by Gasteiger charge is 2.21. The predicted molar refractivity (Wildman–Crippen MR) is 154 cm³/mol. The molecule has 6 nitrogen and oxygen atoms in total. The van der Waals surface area contributed by atoms with Gasteiger partial charge < -0.3 is 25.4 Å². The van der Waals surface area contributed by atoms with Crippen LogP contribution < -0.4 is 5.32 Å². The second-order valence-corrected chi connectivity index (χ2v) is 10.7. The lowest BCUT2D eigenvalue weighted by Gasteiger charge is -2.32. The van der Waals surface area contributed by atoms with Crippen LogP contribution in [0.15, 0.2) is 66.7 Å². The Balaban J connectivity index is 1.21. The minimum absolute atomic E-state index is 0.0333. The topological polar surface area (TPSA) is 88.6 Å². The number of piperidine rings is 1. The number of hydrogen-bond acceptors (Lipinski definition) is 4. The molecule has 1 fully saturated rings. The van der Waals surface area contributed by atoms with Crippen molar-refractivity contribution in [2.75, 3.05) is 25.0 Å². The summed E-state index contributed by atoms with van der Waals surface area (Å²) in [5.41, 5.74) is 6.49. The van der Waals surface area contributed by atoms with Crippen molar-refractivity contribution in [3.05, 3.63) is 77.9 Å². The lowest BCUT2D eigenvalue weighted by Crippen LogP contribution is -2.33. The number of H-pyrrole nitrogens is 1. The number of anilines is 1. The van der Waals surface area contributed by atoms with Gasteiger partial charge in [-0.2, -0.15) is 0 Å². The molecule has 0 aliphatic carbocycles. The van der Waals surface area contributed by atoms with Gasteiger partial charge in [-0.15, -0.1) is 0 Å². The van der Waals surface area contributed by atoms with Gasteiger partial charge in [-0.3, -0.25) is 4.79 Å². The fourth-order valence-electron chi connectivity index (χ4n) is 5.50. The Morgan fingerprint density at radius 3 is 2.47 bits per heavy atom. The summed E-state index contributed by atoms with van der Waals surface area (Å²) >= 11 is 0. The molecule has 0 spiro atoms. The van der Waals surface area contributed by atoms with E-state index in [1.807, 2.05) is 50.2 Å². The number of phenols is 2. The fourth-order valence-corrected chi connectivity index (χ4v) is 5.50. The number of nitrogens with zero attached hydrogens (tertiary/aromatic N) is 1. The van der Waals surface area contributed by atoms with Crippen LogP contribution >= 0.6 is 0 Å². The van der Waals surface area contributed by atoms with Gasteiger partial charge in [0.1, 0.15) is 11.5 Å². The number of carbonyl (C=O) groups excluding carboxylic acids is 1. The van der Waals surface area contributed by atoms with E-state index in [1.54, 1.807) is 18.2 Å². The van der Waals surface area contributed by atoms with Crippen molar-refractivity contribution in [2.24, 2.45) is 5.92 Å². The van der Waals surface area contributed by atoms with E-state index in [0.29, 0.717) is 5.92 Å². The van der Waals surface area contributed by atoms with Gasteiger partial charge in [-0.05, 0) is 123 Å². The second-order valence-electron chi connectivity index (χ2n) is 10.7. The molecule has 1 aromatic heterocycles. The SMILES string of the molecule is CC(C)C(=O)Nc1cccc(C2CCN(CCCc3c(-c4ccc(O)cc4)[nH]c4ccc(O)cc34)CC2)c1. The number of aromatic nitrogens is 1. The molecule has 6 heteroatoms. The van der Waals surface area contributed by atoms with Crippen LogP contribution in [0, 0.1) is 5.92 Å². The summed E-state index contributed by atoms with van der Waals surface area (Å²) in [5.74, 6) is 1.05. The minimum Gasteiger partial charge on any atom is -0.508 e. The molecule has 0 unspecified atom stereocenters. The van der Waals surface area contributed by atoms with Crippen molar-refractivity contribution in [1.82, 2.24) is 9.88 Å². The van der Waals surface area contributed by atoms with Crippen LogP contribution in [0.5, 0.6) is 11.5 Å². The number of carbonyl (C=O) groups is 1. The number of benzene rings is 3. The van der Waals surface area contributed by atoms with Crippen LogP contribution in [0.2, 0.25) is 0 Å². The van der Waals surface area contributed by atoms with Gasteiger partial charge in [0.2, 0.25) is 5.91 Å². The highest BCUT2D eigenvalue weighted by atomic mass is 16.3. The summed E-state index contributed by atoms with van der Waals surface area (Å²) < 4.78 is 0. The van der Waals surface area contributed by atoms with Crippen LogP contribution in [-0.2, 0) is 11.2 Å². The maximum atomic E-state index is 12.1. The molecule has 1 saturated heterocycles. The predicted octanol–water partition coefficient (Wildman–Crippen LogP) is 6.65. The molecular formula is C32H37N3O3. The highest BCUT2D eigenvalue weighted by Crippen LogP contribution is 2.34. The van der Waals surface area contributed by atoms with Gasteiger partial charge in [0.25, 0.3) is 0 Å². The molecule has 0 bridgehead atoms. The van der Waals surface area contributed by atoms with Crippen LogP contribution in [0.3, 0.4) is 0 Å². The maximum absolute atomic E-state index is 12.1. The van der Waals surface area contributed by atoms with Crippen molar-refractivity contribution in [3.8, 4) is 22.8 Å². The molecule has 38 heavy (non-hydrogen) atoms. The zero-order valence-corrected chi connectivity index (χ0v) is 22.2. The van der Waals surface area contributed by atoms with Gasteiger partial charge in [-0.25, -0.2) is 0 Å². The number of rotatable bonds is 8. The molecule has 0 radical (unpaired) electrons. The zero-order valence-electron chi connectivity index (χ0n) is 22.2. The summed E-state index contributed by atoms with van der Waals surface area (Å²) in [6.07, 6.45) is 4.15. The largest absolute Gasteiger partial charge is 0.508 e. The van der Waals surface area contributed by atoms with E-state index in [9.17, 15) is 15.0 Å². The summed E-state index contributed by atoms with van der Waals surface area (Å²) in [6.45, 7) is 6.97. The summed E-state index contributed by atoms with van der Waals surface area (Å²) in [5, 5.41) is 23.9. The number of fused-ring (bicyclic) bond motifs is 1. The smallest absolute Gasteiger partial charge is 0.226 e. The van der Waals surface area contributed by atoms with E-state index >= 15 is 0 Å². The van der Waals surface area contributed by atoms with E-state index in [2.05, 4.69) is 27.3 Å². The number of phenolic OH excluding ortho intramolecular Hbond substituents is 2. The molecule has 4 N–H and O–H groups in total. The van der Waals surface area contributed by atoms with Gasteiger partial charge in [-0.1, -0.05) is 26.0 Å². The average Bonchev–Trinajstić information content (AvgIpc) is 3.27. The number of amides is 1. The molecular weight excluding hydrogens is 474 g/mol. The standard InChI is InChI=1S/C32H37N3O3/c1-21(2)32(38)33-25-6-3-5-24(19-25)22-14-17-35(18-15-22)16-4-7-28-29-20-27(37)12-13-30(29)34-31(28)23-8-10-26(36)11-9-23/h3,5-6,8-13,19-22,34,36-37H,4,7,14-18H2,1-2H3,(H,33,38). The number of aryl methyl sites for hydroxylation is 1. The molecule has 198 valence electrons. The monoisotopic (exact) mass is 511 g/mol. The first-order valence-corrected chi connectivity index (χ1v) is 13.6. The van der Waals surface area contributed by atoms with Gasteiger partial charge in [0.05, 0.1) is 0 Å². The number of aromatic hydroxyl groups is 2. The third kappa shape index (κ3) is 5.86. The van der Waals surface area contributed by atoms with Crippen LogP contribution in [0.25, 0.3) is 22.2 Å². The third-order valence-electron chi connectivity index (χ3n) is 7.68. The van der Waals surface area contributed by atoms with E-state index in [1.165, 1.54) is 11.1 Å². The second kappa shape index (κ2) is 11.3. The normalized spacial score (nSPS) is 14.8. The molecule has 1 aliphatic heterocycles. The molecule has 0 saturated carbocycles. The number of aromatic amines is 1. The first-order valence-electron chi connectivity index (χ1n) is 13.6. The number of likely N-dealkylation sites (tertiary alicyclic amines) is 1. The Morgan fingerprint density at radius 1 is 1.00 bits per heavy atom. The highest BCUT2D eigenvalue weighted by molar-refractivity contribution is 5.92. The molecule has 2 heterocycles.